The van der Waals surface area contributed by atoms with E-state index in [1.165, 1.54) is 41.3 Å². The molecule has 0 spiro atoms. The molecule has 3 fully saturated rings. The molecule has 1 amide bonds. The van der Waals surface area contributed by atoms with Gasteiger partial charge in [-0.3, -0.25) is 4.79 Å². The number of hydrogen-bond acceptors (Lipinski definition) is 3. The molecule has 1 saturated carbocycles. The largest absolute Gasteiger partial charge is 0.335 e. The molecule has 7 heteroatoms. The zero-order valence-electron chi connectivity index (χ0n) is 17.5. The van der Waals surface area contributed by atoms with Crippen LogP contribution < -0.4 is 4.90 Å². The molecule has 160 valence electrons. The van der Waals surface area contributed by atoms with Crippen molar-refractivity contribution in [3.63, 3.8) is 0 Å². The molecule has 2 aliphatic heterocycles. The molecule has 0 aromatic heterocycles. The number of aryl methyl sites for hydroxylation is 1. The van der Waals surface area contributed by atoms with E-state index in [4.69, 9.17) is 0 Å². The number of benzene rings is 1. The second-order valence-electron chi connectivity index (χ2n) is 9.07. The highest BCUT2D eigenvalue weighted by molar-refractivity contribution is 7.89. The van der Waals surface area contributed by atoms with Crippen LogP contribution in [0.25, 0.3) is 0 Å². The summed E-state index contributed by atoms with van der Waals surface area (Å²) in [6.07, 6.45) is 6.70. The molecule has 2 saturated heterocycles. The molecule has 3 atom stereocenters. The number of fused-ring (bicyclic) bond motifs is 1. The van der Waals surface area contributed by atoms with E-state index in [1.807, 2.05) is 24.0 Å². The maximum absolute atomic E-state index is 12.8. The van der Waals surface area contributed by atoms with Crippen LogP contribution in [-0.4, -0.2) is 69.3 Å². The van der Waals surface area contributed by atoms with Gasteiger partial charge in [0.1, 0.15) is 0 Å². The predicted molar refractivity (Wildman–Crippen MR) is 112 cm³/mol. The van der Waals surface area contributed by atoms with Gasteiger partial charge < -0.3 is 9.80 Å². The summed E-state index contributed by atoms with van der Waals surface area (Å²) >= 11 is 0. The molecule has 0 radical (unpaired) electrons. The Bertz CT molecular complexity index is 816. The van der Waals surface area contributed by atoms with Crippen LogP contribution in [0.4, 0.5) is 0 Å². The Morgan fingerprint density at radius 3 is 2.34 bits per heavy atom. The molecular weight excluding hydrogens is 386 g/mol. The lowest BCUT2D eigenvalue weighted by Gasteiger charge is -2.39. The number of carbonyl (C=O) groups excluding carboxylic acids is 1. The van der Waals surface area contributed by atoms with Crippen molar-refractivity contribution in [2.75, 3.05) is 45.8 Å². The summed E-state index contributed by atoms with van der Waals surface area (Å²) in [5.74, 6) is 1.87. The van der Waals surface area contributed by atoms with Crippen LogP contribution in [0.15, 0.2) is 29.2 Å². The summed E-state index contributed by atoms with van der Waals surface area (Å²) in [6.45, 7) is 6.48. The summed E-state index contributed by atoms with van der Waals surface area (Å²) in [5, 5.41) is 0. The van der Waals surface area contributed by atoms with E-state index in [-0.39, 0.29) is 5.91 Å². The fraction of sp³-hybridized carbons (Fsp3) is 0.682. The number of likely N-dealkylation sites (tertiary alicyclic amines) is 1. The number of quaternary nitrogens is 1. The van der Waals surface area contributed by atoms with E-state index in [0.717, 1.165) is 30.5 Å². The number of piperidine rings is 1. The average Bonchev–Trinajstić information content (AvgIpc) is 2.74. The predicted octanol–water partition coefficient (Wildman–Crippen LogP) is 0.923. The average molecular weight is 421 g/mol. The van der Waals surface area contributed by atoms with Gasteiger partial charge in [0.05, 0.1) is 18.0 Å². The normalized spacial score (nSPS) is 28.7. The van der Waals surface area contributed by atoms with Crippen LogP contribution in [0.5, 0.6) is 0 Å². The van der Waals surface area contributed by atoms with Crippen LogP contribution >= 0.6 is 0 Å². The van der Waals surface area contributed by atoms with Crippen molar-refractivity contribution >= 4 is 15.9 Å². The summed E-state index contributed by atoms with van der Waals surface area (Å²) in [4.78, 5) is 16.4. The second-order valence-corrected chi connectivity index (χ2v) is 11.0. The Morgan fingerprint density at radius 1 is 1.00 bits per heavy atom. The van der Waals surface area contributed by atoms with Crippen molar-refractivity contribution in [1.29, 1.82) is 0 Å². The van der Waals surface area contributed by atoms with Gasteiger partial charge in [-0.25, -0.2) is 8.42 Å². The number of nitrogens with zero attached hydrogens (tertiary/aromatic N) is 2. The van der Waals surface area contributed by atoms with Gasteiger partial charge in [0.2, 0.25) is 10.0 Å². The molecule has 1 aliphatic carbocycles. The van der Waals surface area contributed by atoms with Crippen LogP contribution in [0.2, 0.25) is 0 Å². The fourth-order valence-electron chi connectivity index (χ4n) is 5.32. The monoisotopic (exact) mass is 420 g/mol. The van der Waals surface area contributed by atoms with Crippen molar-refractivity contribution in [1.82, 2.24) is 9.21 Å². The molecule has 1 unspecified atom stereocenters. The first-order valence-corrected chi connectivity index (χ1v) is 12.6. The van der Waals surface area contributed by atoms with Gasteiger partial charge in [0.25, 0.3) is 5.91 Å². The second kappa shape index (κ2) is 8.74. The first-order valence-electron chi connectivity index (χ1n) is 11.1. The van der Waals surface area contributed by atoms with Crippen LogP contribution in [-0.2, 0) is 14.8 Å². The van der Waals surface area contributed by atoms with Crippen LogP contribution in [0.1, 0.15) is 37.7 Å². The summed E-state index contributed by atoms with van der Waals surface area (Å²) in [6, 6.07) is 6.98. The fourth-order valence-corrected chi connectivity index (χ4v) is 6.74. The number of piperazine rings is 1. The molecular formula is C22H34N3O3S+. The zero-order valence-corrected chi connectivity index (χ0v) is 18.3. The first kappa shape index (κ1) is 20.8. The molecule has 1 aromatic rings. The molecule has 2 heterocycles. The first-order chi connectivity index (χ1) is 13.9. The van der Waals surface area contributed by atoms with E-state index in [2.05, 4.69) is 0 Å². The van der Waals surface area contributed by atoms with E-state index < -0.39 is 10.0 Å². The Hall–Kier alpha value is -1.44. The molecule has 1 aromatic carbocycles. The topological polar surface area (TPSA) is 62.1 Å². The number of hydrogen-bond donors (Lipinski definition) is 1. The highest BCUT2D eigenvalue weighted by Crippen LogP contribution is 2.32. The zero-order chi connectivity index (χ0) is 20.4. The van der Waals surface area contributed by atoms with Crippen molar-refractivity contribution in [2.24, 2.45) is 11.8 Å². The standard InChI is InChI=1S/C22H33N3O3S/c1-18-6-8-21(9-7-18)29(27,28)25-14-12-24(13-15-25)22(26)17-23-11-10-19-4-2-3-5-20(19)16-23/h6-9,19-20H,2-5,10-17H2,1H3/p+1/t19-,20-/m1/s1. The Morgan fingerprint density at radius 2 is 1.66 bits per heavy atom. The smallest absolute Gasteiger partial charge is 0.277 e. The maximum Gasteiger partial charge on any atom is 0.277 e. The number of carbonyl (C=O) groups is 1. The number of sulfonamides is 1. The number of rotatable bonds is 4. The van der Waals surface area contributed by atoms with E-state index in [0.29, 0.717) is 37.6 Å². The summed E-state index contributed by atoms with van der Waals surface area (Å²) < 4.78 is 27.2. The molecule has 1 N–H and O–H groups in total. The van der Waals surface area contributed by atoms with E-state index >= 15 is 0 Å². The van der Waals surface area contributed by atoms with Gasteiger partial charge in [0.15, 0.2) is 6.54 Å². The van der Waals surface area contributed by atoms with Gasteiger partial charge in [-0.2, -0.15) is 4.31 Å². The third-order valence-electron chi connectivity index (χ3n) is 7.14. The van der Waals surface area contributed by atoms with Crippen molar-refractivity contribution in [3.8, 4) is 0 Å². The molecule has 4 rings (SSSR count). The Labute approximate surface area is 174 Å². The van der Waals surface area contributed by atoms with Gasteiger partial charge in [0, 0.05) is 32.1 Å². The number of amides is 1. The van der Waals surface area contributed by atoms with Gasteiger partial charge in [-0.15, -0.1) is 0 Å². The quantitative estimate of drug-likeness (QED) is 0.788. The minimum Gasteiger partial charge on any atom is -0.335 e. The Balaban J connectivity index is 1.29. The third-order valence-corrected chi connectivity index (χ3v) is 9.05. The maximum atomic E-state index is 12.8. The minimum atomic E-state index is -3.48. The Kier molecular flexibility index (Phi) is 6.27. The van der Waals surface area contributed by atoms with Crippen molar-refractivity contribution < 1.29 is 18.1 Å². The van der Waals surface area contributed by atoms with E-state index in [1.54, 1.807) is 12.1 Å². The van der Waals surface area contributed by atoms with Crippen LogP contribution in [0, 0.1) is 18.8 Å². The van der Waals surface area contributed by atoms with Gasteiger partial charge in [-0.05, 0) is 44.2 Å². The summed E-state index contributed by atoms with van der Waals surface area (Å²) in [7, 11) is -3.48. The number of nitrogens with one attached hydrogen (secondary N) is 1. The minimum absolute atomic E-state index is 0.182. The van der Waals surface area contributed by atoms with Crippen LogP contribution in [0.3, 0.4) is 0 Å². The lowest BCUT2D eigenvalue weighted by atomic mass is 9.75. The SMILES string of the molecule is Cc1ccc(S(=O)(=O)N2CCN(C(=O)C[NH+]3CC[C@H]4CCCC[C@@H]4C3)CC2)cc1. The lowest BCUT2D eigenvalue weighted by Crippen LogP contribution is -3.15. The molecule has 3 aliphatic rings. The molecule has 6 nitrogen and oxygen atoms in total. The van der Waals surface area contributed by atoms with Gasteiger partial charge in [-0.1, -0.05) is 30.5 Å². The van der Waals surface area contributed by atoms with E-state index in [9.17, 15) is 13.2 Å². The molecule has 29 heavy (non-hydrogen) atoms. The highest BCUT2D eigenvalue weighted by atomic mass is 32.2. The third kappa shape index (κ3) is 4.67. The highest BCUT2D eigenvalue weighted by Gasteiger charge is 2.36. The molecule has 0 bridgehead atoms. The summed E-state index contributed by atoms with van der Waals surface area (Å²) in [5.41, 5.74) is 1.04. The lowest BCUT2D eigenvalue weighted by molar-refractivity contribution is -0.903. The van der Waals surface area contributed by atoms with Gasteiger partial charge >= 0.3 is 0 Å². The van der Waals surface area contributed by atoms with Crippen molar-refractivity contribution in [2.45, 2.75) is 43.9 Å². The van der Waals surface area contributed by atoms with Crippen molar-refractivity contribution in [3.05, 3.63) is 29.8 Å².